The number of aromatic nitrogens is 1. The van der Waals surface area contributed by atoms with Gasteiger partial charge in [-0.05, 0) is 55.0 Å². The van der Waals surface area contributed by atoms with Crippen molar-refractivity contribution in [3.05, 3.63) is 101 Å². The smallest absolute Gasteiger partial charge is 0.321 e. The molecule has 34 heavy (non-hydrogen) atoms. The molecular weight excluding hydrogens is 450 g/mol. The molecule has 0 saturated carbocycles. The molecule has 0 aliphatic carbocycles. The maximum atomic E-state index is 14.0. The third kappa shape index (κ3) is 4.88. The van der Waals surface area contributed by atoms with Crippen molar-refractivity contribution in [3.8, 4) is 0 Å². The minimum absolute atomic E-state index is 0.0239. The fourth-order valence-electron chi connectivity index (χ4n) is 3.34. The maximum absolute atomic E-state index is 14.0. The summed E-state index contributed by atoms with van der Waals surface area (Å²) in [5, 5.41) is 5.69. The van der Waals surface area contributed by atoms with E-state index in [9.17, 15) is 27.2 Å². The van der Waals surface area contributed by atoms with Crippen molar-refractivity contribution in [3.63, 3.8) is 0 Å². The number of nitrogens with zero attached hydrogens (tertiary/aromatic N) is 1. The average molecular weight is 467 g/mol. The first-order valence-corrected chi connectivity index (χ1v) is 10.1. The van der Waals surface area contributed by atoms with Gasteiger partial charge in [-0.3, -0.25) is 14.6 Å². The minimum Gasteiger partial charge on any atom is -0.321 e. The summed E-state index contributed by atoms with van der Waals surface area (Å²) in [6, 6.07) is 15.1. The summed E-state index contributed by atoms with van der Waals surface area (Å²) in [5.74, 6) is -2.38. The molecule has 4 aromatic rings. The summed E-state index contributed by atoms with van der Waals surface area (Å²) in [7, 11) is 0. The number of pyridine rings is 1. The van der Waals surface area contributed by atoms with E-state index in [0.717, 1.165) is 10.9 Å². The van der Waals surface area contributed by atoms with E-state index in [2.05, 4.69) is 15.6 Å². The highest BCUT2D eigenvalue weighted by Crippen LogP contribution is 2.32. The van der Waals surface area contributed by atoms with Crippen molar-refractivity contribution in [1.82, 2.24) is 4.98 Å². The van der Waals surface area contributed by atoms with Gasteiger partial charge in [0.05, 0.1) is 28.7 Å². The molecule has 0 radical (unpaired) electrons. The lowest BCUT2D eigenvalue weighted by Gasteiger charge is -2.12. The predicted octanol–water partition coefficient (Wildman–Crippen LogP) is 6.21. The van der Waals surface area contributed by atoms with Crippen LogP contribution in [-0.4, -0.2) is 16.8 Å². The molecule has 9 heteroatoms. The third-order valence-corrected chi connectivity index (χ3v) is 5.13. The van der Waals surface area contributed by atoms with Gasteiger partial charge in [0.15, 0.2) is 0 Å². The number of para-hydroxylation sites is 1. The van der Waals surface area contributed by atoms with Gasteiger partial charge in [0, 0.05) is 16.5 Å². The zero-order chi connectivity index (χ0) is 24.5. The molecule has 0 aliphatic heterocycles. The Labute approximate surface area is 191 Å². The highest BCUT2D eigenvalue weighted by molar-refractivity contribution is 6.09. The molecular formula is C25H17F4N3O2. The van der Waals surface area contributed by atoms with Gasteiger partial charge in [0.25, 0.3) is 11.8 Å². The first-order chi connectivity index (χ1) is 16.1. The number of hydrogen-bond acceptors (Lipinski definition) is 3. The number of nitrogens with one attached hydrogen (secondary N) is 2. The molecule has 4 rings (SSSR count). The standard InChI is InChI=1S/C25H17F4N3O2/c1-14-6-7-16(23(33)32-22-12-17(25(27,28)29)8-9-20(22)26)11-19(14)24(34)31-18-10-15-4-2-3-5-21(15)30-13-18/h2-13H,1H3,(H,31,34)(H,32,33). The van der Waals surface area contributed by atoms with E-state index in [1.165, 1.54) is 24.4 Å². The van der Waals surface area contributed by atoms with Crippen LogP contribution in [0, 0.1) is 12.7 Å². The van der Waals surface area contributed by atoms with Crippen molar-refractivity contribution >= 4 is 34.1 Å². The van der Waals surface area contributed by atoms with Crippen LogP contribution in [0.3, 0.4) is 0 Å². The normalized spacial score (nSPS) is 11.3. The number of hydrogen-bond donors (Lipinski definition) is 2. The van der Waals surface area contributed by atoms with E-state index in [1.807, 2.05) is 24.3 Å². The number of benzene rings is 3. The third-order valence-electron chi connectivity index (χ3n) is 5.13. The molecule has 0 unspecified atom stereocenters. The van der Waals surface area contributed by atoms with E-state index in [4.69, 9.17) is 0 Å². The number of halogens is 4. The van der Waals surface area contributed by atoms with E-state index >= 15 is 0 Å². The summed E-state index contributed by atoms with van der Waals surface area (Å²) in [6.45, 7) is 1.67. The Kier molecular flexibility index (Phi) is 6.02. The number of rotatable bonds is 4. The van der Waals surface area contributed by atoms with Crippen LogP contribution >= 0.6 is 0 Å². The SMILES string of the molecule is Cc1ccc(C(=O)Nc2cc(C(F)(F)F)ccc2F)cc1C(=O)Nc1cnc2ccccc2c1. The average Bonchev–Trinajstić information content (AvgIpc) is 2.79. The molecule has 172 valence electrons. The Hall–Kier alpha value is -4.27. The quantitative estimate of drug-likeness (QED) is 0.351. The van der Waals surface area contributed by atoms with E-state index in [1.54, 1.807) is 13.0 Å². The van der Waals surface area contributed by atoms with Crippen LogP contribution in [0.4, 0.5) is 28.9 Å². The van der Waals surface area contributed by atoms with Crippen molar-refractivity contribution in [2.24, 2.45) is 0 Å². The number of aryl methyl sites for hydroxylation is 1. The largest absolute Gasteiger partial charge is 0.416 e. The van der Waals surface area contributed by atoms with Crippen LogP contribution in [0.1, 0.15) is 31.8 Å². The maximum Gasteiger partial charge on any atom is 0.416 e. The highest BCUT2D eigenvalue weighted by atomic mass is 19.4. The molecule has 0 atom stereocenters. The lowest BCUT2D eigenvalue weighted by Crippen LogP contribution is -2.18. The number of amides is 2. The molecule has 0 spiro atoms. The number of carbonyl (C=O) groups excluding carboxylic acids is 2. The van der Waals surface area contributed by atoms with Gasteiger partial charge in [0.2, 0.25) is 0 Å². The highest BCUT2D eigenvalue weighted by Gasteiger charge is 2.31. The lowest BCUT2D eigenvalue weighted by atomic mass is 10.0. The zero-order valence-electron chi connectivity index (χ0n) is 17.7. The molecule has 0 aliphatic rings. The molecule has 0 saturated heterocycles. The second-order valence-corrected chi connectivity index (χ2v) is 7.55. The van der Waals surface area contributed by atoms with Crippen molar-refractivity contribution in [2.45, 2.75) is 13.1 Å². The van der Waals surface area contributed by atoms with E-state index < -0.39 is 35.1 Å². The van der Waals surface area contributed by atoms with Crippen LogP contribution in [-0.2, 0) is 6.18 Å². The fourth-order valence-corrected chi connectivity index (χ4v) is 3.34. The van der Waals surface area contributed by atoms with Crippen LogP contribution in [0.15, 0.2) is 72.9 Å². The van der Waals surface area contributed by atoms with Gasteiger partial charge >= 0.3 is 6.18 Å². The second-order valence-electron chi connectivity index (χ2n) is 7.55. The molecule has 2 N–H and O–H groups in total. The number of alkyl halides is 3. The predicted molar refractivity (Wildman–Crippen MR) is 120 cm³/mol. The van der Waals surface area contributed by atoms with Gasteiger partial charge in [-0.2, -0.15) is 13.2 Å². The van der Waals surface area contributed by atoms with Crippen molar-refractivity contribution in [1.29, 1.82) is 0 Å². The summed E-state index contributed by atoms with van der Waals surface area (Å²) < 4.78 is 52.8. The summed E-state index contributed by atoms with van der Waals surface area (Å²) in [5.41, 5.74) is 0.203. The van der Waals surface area contributed by atoms with Gasteiger partial charge in [-0.1, -0.05) is 24.3 Å². The Balaban J connectivity index is 1.56. The Bertz CT molecular complexity index is 1420. The molecule has 0 bridgehead atoms. The van der Waals surface area contributed by atoms with Crippen LogP contribution < -0.4 is 10.6 Å². The van der Waals surface area contributed by atoms with Crippen LogP contribution in [0.25, 0.3) is 10.9 Å². The van der Waals surface area contributed by atoms with Gasteiger partial charge in [0.1, 0.15) is 5.82 Å². The summed E-state index contributed by atoms with van der Waals surface area (Å²) >= 11 is 0. The summed E-state index contributed by atoms with van der Waals surface area (Å²) in [4.78, 5) is 29.8. The van der Waals surface area contributed by atoms with Crippen LogP contribution in [0.2, 0.25) is 0 Å². The number of anilines is 2. The molecule has 1 aromatic heterocycles. The van der Waals surface area contributed by atoms with E-state index in [0.29, 0.717) is 29.4 Å². The van der Waals surface area contributed by atoms with Crippen LogP contribution in [0.5, 0.6) is 0 Å². The van der Waals surface area contributed by atoms with Gasteiger partial charge in [-0.15, -0.1) is 0 Å². The van der Waals surface area contributed by atoms with Gasteiger partial charge < -0.3 is 10.6 Å². The lowest BCUT2D eigenvalue weighted by molar-refractivity contribution is -0.137. The summed E-state index contributed by atoms with van der Waals surface area (Å²) in [6.07, 6.45) is -3.19. The topological polar surface area (TPSA) is 71.1 Å². The number of carbonyl (C=O) groups is 2. The number of fused-ring (bicyclic) bond motifs is 1. The van der Waals surface area contributed by atoms with Gasteiger partial charge in [-0.25, -0.2) is 4.39 Å². The molecule has 3 aromatic carbocycles. The fraction of sp³-hybridized carbons (Fsp3) is 0.0800. The first kappa shape index (κ1) is 22.9. The molecule has 0 fully saturated rings. The second kappa shape index (κ2) is 8.93. The Morgan fingerprint density at radius 3 is 2.41 bits per heavy atom. The van der Waals surface area contributed by atoms with Crippen molar-refractivity contribution < 1.29 is 27.2 Å². The minimum atomic E-state index is -4.69. The Morgan fingerprint density at radius 2 is 1.65 bits per heavy atom. The zero-order valence-corrected chi connectivity index (χ0v) is 17.7. The molecule has 2 amide bonds. The molecule has 1 heterocycles. The Morgan fingerprint density at radius 1 is 0.882 bits per heavy atom. The molecule has 5 nitrogen and oxygen atoms in total. The van der Waals surface area contributed by atoms with E-state index in [-0.39, 0.29) is 11.1 Å². The monoisotopic (exact) mass is 467 g/mol. The van der Waals surface area contributed by atoms with Crippen molar-refractivity contribution in [2.75, 3.05) is 10.6 Å². The first-order valence-electron chi connectivity index (χ1n) is 10.1.